The van der Waals surface area contributed by atoms with E-state index >= 15 is 0 Å². The van der Waals surface area contributed by atoms with Crippen LogP contribution in [0.4, 0.5) is 5.82 Å². The number of primary amides is 1. The summed E-state index contributed by atoms with van der Waals surface area (Å²) in [6, 6.07) is 9.59. The Morgan fingerprint density at radius 2 is 1.67 bits per heavy atom. The number of benzene rings is 2. The lowest BCUT2D eigenvalue weighted by molar-refractivity contribution is -0.732. The van der Waals surface area contributed by atoms with E-state index in [1.807, 2.05) is 0 Å². The lowest BCUT2D eigenvalue weighted by atomic mass is 10.0. The molecule has 0 radical (unpaired) electrons. The molecule has 0 saturated carbocycles. The van der Waals surface area contributed by atoms with Gasteiger partial charge in [0.15, 0.2) is 5.78 Å². The summed E-state index contributed by atoms with van der Waals surface area (Å²) >= 11 is 18.4. The number of rotatable bonds is 5. The Kier molecular flexibility index (Phi) is 5.36. The molecule has 0 fully saturated rings. The van der Waals surface area contributed by atoms with Gasteiger partial charge in [-0.3, -0.25) is 9.59 Å². The van der Waals surface area contributed by atoms with Crippen molar-refractivity contribution in [2.24, 2.45) is 5.73 Å². The summed E-state index contributed by atoms with van der Waals surface area (Å²) in [5.74, 6) is -0.989. The van der Waals surface area contributed by atoms with Gasteiger partial charge in [-0.2, -0.15) is 4.68 Å². The Labute approximate surface area is 168 Å². The molecule has 27 heavy (non-hydrogen) atoms. The summed E-state index contributed by atoms with van der Waals surface area (Å²) in [7, 11) is 0. The molecule has 138 valence electrons. The number of nitrogens with zero attached hydrogens (tertiary/aromatic N) is 2. The van der Waals surface area contributed by atoms with Crippen molar-refractivity contribution in [3.05, 3.63) is 73.9 Å². The van der Waals surface area contributed by atoms with Crippen LogP contribution in [0.15, 0.2) is 36.4 Å². The molecule has 0 aliphatic carbocycles. The normalized spacial score (nSPS) is 10.8. The number of nitrogens with two attached hydrogens (primary N) is 2. The summed E-state index contributed by atoms with van der Waals surface area (Å²) in [5.41, 5.74) is 12.2. The molecule has 0 bridgehead atoms. The van der Waals surface area contributed by atoms with Crippen LogP contribution >= 0.6 is 34.8 Å². The van der Waals surface area contributed by atoms with E-state index in [1.54, 1.807) is 36.4 Å². The summed E-state index contributed by atoms with van der Waals surface area (Å²) in [5, 5.41) is 7.23. The van der Waals surface area contributed by atoms with E-state index in [-0.39, 0.29) is 39.4 Å². The first kappa shape index (κ1) is 19.2. The highest BCUT2D eigenvalue weighted by Gasteiger charge is 2.23. The van der Waals surface area contributed by atoms with Gasteiger partial charge >= 0.3 is 0 Å². The second-order valence-electron chi connectivity index (χ2n) is 5.67. The molecule has 1 aromatic heterocycles. The summed E-state index contributed by atoms with van der Waals surface area (Å²) in [4.78, 5) is 23.9. The van der Waals surface area contributed by atoms with Crippen LogP contribution in [-0.2, 0) is 6.54 Å². The molecule has 7 nitrogen and oxygen atoms in total. The molecule has 0 aliphatic rings. The van der Waals surface area contributed by atoms with Crippen LogP contribution in [0.1, 0.15) is 32.0 Å². The second kappa shape index (κ2) is 7.56. The van der Waals surface area contributed by atoms with Gasteiger partial charge in [-0.25, -0.2) is 0 Å². The van der Waals surface area contributed by atoms with Gasteiger partial charge < -0.3 is 11.5 Å². The Balaban J connectivity index is 1.92. The van der Waals surface area contributed by atoms with Crippen molar-refractivity contribution in [2.75, 3.05) is 5.73 Å². The van der Waals surface area contributed by atoms with E-state index in [9.17, 15) is 9.59 Å². The topological polar surface area (TPSA) is 119 Å². The maximum atomic E-state index is 12.7. The van der Waals surface area contributed by atoms with Crippen molar-refractivity contribution in [3.8, 4) is 0 Å². The lowest BCUT2D eigenvalue weighted by Gasteiger charge is -2.09. The Hall–Kier alpha value is -2.61. The number of nitrogens with one attached hydrogen (secondary N) is 1. The van der Waals surface area contributed by atoms with E-state index in [0.29, 0.717) is 16.1 Å². The highest BCUT2D eigenvalue weighted by atomic mass is 35.5. The summed E-state index contributed by atoms with van der Waals surface area (Å²) < 4.78 is 1.41. The zero-order valence-electron chi connectivity index (χ0n) is 13.7. The quantitative estimate of drug-likeness (QED) is 0.430. The molecule has 5 N–H and O–H groups in total. The van der Waals surface area contributed by atoms with Gasteiger partial charge in [0.05, 0.1) is 15.6 Å². The molecule has 1 heterocycles. The van der Waals surface area contributed by atoms with Gasteiger partial charge in [0.2, 0.25) is 0 Å². The van der Waals surface area contributed by atoms with Crippen LogP contribution in [0.5, 0.6) is 0 Å². The summed E-state index contributed by atoms with van der Waals surface area (Å²) in [6.07, 6.45) is 0. The number of aromatic nitrogens is 3. The third-order valence-electron chi connectivity index (χ3n) is 3.83. The van der Waals surface area contributed by atoms with Crippen molar-refractivity contribution >= 4 is 52.3 Å². The number of carbonyl (C=O) groups is 2. The average Bonchev–Trinajstić information content (AvgIpc) is 2.95. The molecule has 0 atom stereocenters. The minimum Gasteiger partial charge on any atom is -0.363 e. The molecule has 2 aromatic carbocycles. The van der Waals surface area contributed by atoms with E-state index < -0.39 is 5.91 Å². The molecule has 0 saturated heterocycles. The van der Waals surface area contributed by atoms with Crippen molar-refractivity contribution in [3.63, 3.8) is 0 Å². The minimum absolute atomic E-state index is 0.0678. The zero-order valence-corrected chi connectivity index (χ0v) is 15.9. The number of ketones is 1. The first-order chi connectivity index (χ1) is 12.8. The molecule has 3 rings (SSSR count). The fourth-order valence-corrected chi connectivity index (χ4v) is 3.34. The standard InChI is InChI=1S/C17H12Cl3N5O2/c18-10-3-1-9(2-4-10)15(26)13-11(19)5-8(6-12(13)20)7-25-16(21)14(17(22)27)23-24-25/h1-6H,7H2,(H4,21,22,24,27)/p+1. The Bertz CT molecular complexity index is 1020. The molecular weight excluding hydrogens is 413 g/mol. The average molecular weight is 426 g/mol. The van der Waals surface area contributed by atoms with Crippen LogP contribution in [0.2, 0.25) is 15.1 Å². The predicted molar refractivity (Wildman–Crippen MR) is 102 cm³/mol. The number of halogens is 3. The number of aromatic amines is 1. The SMILES string of the molecule is NC(=O)c1n[nH][n+](Cc2cc(Cl)c(C(=O)c3ccc(Cl)cc3)c(Cl)c2)c1N. The van der Waals surface area contributed by atoms with Crippen molar-refractivity contribution < 1.29 is 14.3 Å². The maximum absolute atomic E-state index is 12.7. The minimum atomic E-state index is -0.748. The monoisotopic (exact) mass is 424 g/mol. The van der Waals surface area contributed by atoms with Crippen LogP contribution in [0, 0.1) is 0 Å². The number of hydrogen-bond donors (Lipinski definition) is 3. The highest BCUT2D eigenvalue weighted by molar-refractivity contribution is 6.41. The highest BCUT2D eigenvalue weighted by Crippen LogP contribution is 2.29. The van der Waals surface area contributed by atoms with Crippen LogP contribution in [-0.4, -0.2) is 22.0 Å². The van der Waals surface area contributed by atoms with Crippen molar-refractivity contribution in [1.82, 2.24) is 10.3 Å². The first-order valence-corrected chi connectivity index (χ1v) is 8.73. The van der Waals surface area contributed by atoms with Crippen LogP contribution < -0.4 is 16.1 Å². The van der Waals surface area contributed by atoms with E-state index in [0.717, 1.165) is 0 Å². The van der Waals surface area contributed by atoms with Crippen molar-refractivity contribution in [1.29, 1.82) is 0 Å². The number of anilines is 1. The number of nitrogen functional groups attached to an aromatic ring is 1. The van der Waals surface area contributed by atoms with Gasteiger partial charge in [-0.05, 0) is 47.1 Å². The van der Waals surface area contributed by atoms with Gasteiger partial charge in [-0.15, -0.1) is 5.21 Å². The molecular formula is C17H13Cl3N5O2+. The number of H-pyrrole nitrogens is 1. The molecule has 0 aliphatic heterocycles. The third kappa shape index (κ3) is 3.90. The number of hydrogen-bond acceptors (Lipinski definition) is 4. The maximum Gasteiger partial charge on any atom is 0.299 e. The molecule has 0 unspecified atom stereocenters. The fraction of sp³-hybridized carbons (Fsp3) is 0.0588. The lowest BCUT2D eigenvalue weighted by Crippen LogP contribution is -2.39. The number of amides is 1. The largest absolute Gasteiger partial charge is 0.363 e. The molecule has 1 amide bonds. The third-order valence-corrected chi connectivity index (χ3v) is 4.67. The second-order valence-corrected chi connectivity index (χ2v) is 6.92. The van der Waals surface area contributed by atoms with Crippen LogP contribution in [0.3, 0.4) is 0 Å². The van der Waals surface area contributed by atoms with E-state index in [2.05, 4.69) is 10.3 Å². The molecule has 10 heteroatoms. The van der Waals surface area contributed by atoms with Crippen LogP contribution in [0.25, 0.3) is 0 Å². The summed E-state index contributed by atoms with van der Waals surface area (Å²) in [6.45, 7) is 0.195. The Morgan fingerprint density at radius 3 is 2.19 bits per heavy atom. The van der Waals surface area contributed by atoms with Gasteiger partial charge in [-0.1, -0.05) is 34.8 Å². The first-order valence-electron chi connectivity index (χ1n) is 7.59. The molecule has 0 spiro atoms. The van der Waals surface area contributed by atoms with E-state index in [1.165, 1.54) is 4.68 Å². The fourth-order valence-electron chi connectivity index (χ4n) is 2.51. The Morgan fingerprint density at radius 1 is 1.07 bits per heavy atom. The van der Waals surface area contributed by atoms with Crippen molar-refractivity contribution in [2.45, 2.75) is 6.54 Å². The van der Waals surface area contributed by atoms with E-state index in [4.69, 9.17) is 46.3 Å². The van der Waals surface area contributed by atoms with Gasteiger partial charge in [0.25, 0.3) is 17.4 Å². The predicted octanol–water partition coefficient (Wildman–Crippen LogP) is 2.62. The van der Waals surface area contributed by atoms with Gasteiger partial charge in [0.1, 0.15) is 6.54 Å². The zero-order chi connectivity index (χ0) is 19.7. The number of carbonyl (C=O) groups excluding carboxylic acids is 2. The molecule has 3 aromatic rings. The van der Waals surface area contributed by atoms with Gasteiger partial charge in [0, 0.05) is 10.6 Å². The smallest absolute Gasteiger partial charge is 0.299 e.